The number of esters is 1. The van der Waals surface area contributed by atoms with Crippen molar-refractivity contribution >= 4 is 34.7 Å². The summed E-state index contributed by atoms with van der Waals surface area (Å²) in [5.41, 5.74) is 1.44. The van der Waals surface area contributed by atoms with Gasteiger partial charge in [0, 0.05) is 25.1 Å². The number of nitro groups is 1. The van der Waals surface area contributed by atoms with E-state index in [4.69, 9.17) is 4.74 Å². The number of ether oxygens (including phenoxy) is 1. The Kier molecular flexibility index (Phi) is 5.59. The first kappa shape index (κ1) is 20.7. The Morgan fingerprint density at radius 3 is 2.50 bits per heavy atom. The Balaban J connectivity index is 1.85. The predicted octanol–water partition coefficient (Wildman–Crippen LogP) is 4.39. The van der Waals surface area contributed by atoms with Crippen molar-refractivity contribution in [2.75, 3.05) is 0 Å². The Morgan fingerprint density at radius 1 is 1.03 bits per heavy atom. The van der Waals surface area contributed by atoms with Crippen molar-refractivity contribution in [3.05, 3.63) is 105 Å². The van der Waals surface area contributed by atoms with E-state index >= 15 is 0 Å². The minimum absolute atomic E-state index is 0.00910. The number of benzene rings is 3. The van der Waals surface area contributed by atoms with E-state index < -0.39 is 10.9 Å². The van der Waals surface area contributed by atoms with Gasteiger partial charge < -0.3 is 4.74 Å². The molecule has 0 spiro atoms. The Labute approximate surface area is 182 Å². The number of carbonyl (C=O) groups excluding carboxylic acids is 1. The number of aromatic nitrogens is 2. The standard InChI is InChI=1S/C24H17N3O5/c1-16(28)32-20-6-4-5-19(15-20)26-23(25-22-8-3-2-7-21(22)24(26)29)14-11-17-9-12-18(13-10-17)27(30)31/h2-15H,1H3/b14-11+. The lowest BCUT2D eigenvalue weighted by Crippen LogP contribution is -2.22. The Bertz CT molecular complexity index is 1420. The summed E-state index contributed by atoms with van der Waals surface area (Å²) >= 11 is 0. The summed E-state index contributed by atoms with van der Waals surface area (Å²) in [7, 11) is 0. The zero-order valence-electron chi connectivity index (χ0n) is 17.0. The summed E-state index contributed by atoms with van der Waals surface area (Å²) in [5.74, 6) is 0.191. The van der Waals surface area contributed by atoms with Gasteiger partial charge in [0.2, 0.25) is 0 Å². The molecule has 3 aromatic carbocycles. The highest BCUT2D eigenvalue weighted by Crippen LogP contribution is 2.20. The largest absolute Gasteiger partial charge is 0.427 e. The van der Waals surface area contributed by atoms with Crippen molar-refractivity contribution in [2.45, 2.75) is 6.92 Å². The highest BCUT2D eigenvalue weighted by molar-refractivity contribution is 5.80. The maximum absolute atomic E-state index is 13.3. The SMILES string of the molecule is CC(=O)Oc1cccc(-n2c(/C=C/c3ccc([N+](=O)[O-])cc3)nc3ccccc3c2=O)c1. The molecule has 0 N–H and O–H groups in total. The second-order valence-corrected chi connectivity index (χ2v) is 6.90. The van der Waals surface area contributed by atoms with Gasteiger partial charge in [-0.05, 0) is 48.0 Å². The van der Waals surface area contributed by atoms with Gasteiger partial charge in [0.1, 0.15) is 11.6 Å². The highest BCUT2D eigenvalue weighted by atomic mass is 16.6. The lowest BCUT2D eigenvalue weighted by Gasteiger charge is -2.12. The summed E-state index contributed by atoms with van der Waals surface area (Å²) < 4.78 is 6.58. The molecule has 0 aliphatic rings. The maximum Gasteiger partial charge on any atom is 0.308 e. The van der Waals surface area contributed by atoms with Crippen LogP contribution in [0.1, 0.15) is 18.3 Å². The molecule has 32 heavy (non-hydrogen) atoms. The van der Waals surface area contributed by atoms with Crippen LogP contribution in [-0.2, 0) is 4.79 Å². The first-order valence-electron chi connectivity index (χ1n) is 9.65. The molecule has 0 aliphatic carbocycles. The molecule has 8 heteroatoms. The van der Waals surface area contributed by atoms with Gasteiger partial charge in [0.05, 0.1) is 21.5 Å². The van der Waals surface area contributed by atoms with E-state index in [0.29, 0.717) is 33.7 Å². The van der Waals surface area contributed by atoms with Crippen molar-refractivity contribution in [2.24, 2.45) is 0 Å². The molecule has 0 aliphatic heterocycles. The molecule has 0 atom stereocenters. The smallest absolute Gasteiger partial charge is 0.308 e. The minimum Gasteiger partial charge on any atom is -0.427 e. The third kappa shape index (κ3) is 4.29. The van der Waals surface area contributed by atoms with Crippen LogP contribution in [0.15, 0.2) is 77.6 Å². The molecule has 158 valence electrons. The fourth-order valence-corrected chi connectivity index (χ4v) is 3.24. The predicted molar refractivity (Wildman–Crippen MR) is 121 cm³/mol. The van der Waals surface area contributed by atoms with Crippen LogP contribution in [0.2, 0.25) is 0 Å². The molecule has 8 nitrogen and oxygen atoms in total. The Hall–Kier alpha value is -4.59. The van der Waals surface area contributed by atoms with Gasteiger partial charge in [0.25, 0.3) is 11.2 Å². The average molecular weight is 427 g/mol. The highest BCUT2D eigenvalue weighted by Gasteiger charge is 2.12. The zero-order valence-corrected chi connectivity index (χ0v) is 17.0. The summed E-state index contributed by atoms with van der Waals surface area (Å²) in [6, 6.07) is 19.6. The number of carbonyl (C=O) groups is 1. The molecule has 0 amide bonds. The van der Waals surface area contributed by atoms with Crippen LogP contribution in [-0.4, -0.2) is 20.4 Å². The van der Waals surface area contributed by atoms with E-state index in [0.717, 1.165) is 0 Å². The lowest BCUT2D eigenvalue weighted by molar-refractivity contribution is -0.384. The van der Waals surface area contributed by atoms with E-state index in [1.165, 1.54) is 23.6 Å². The second kappa shape index (κ2) is 8.65. The van der Waals surface area contributed by atoms with Crippen LogP contribution in [0.25, 0.3) is 28.7 Å². The van der Waals surface area contributed by atoms with Gasteiger partial charge >= 0.3 is 5.97 Å². The molecule has 0 bridgehead atoms. The minimum atomic E-state index is -0.468. The van der Waals surface area contributed by atoms with Crippen LogP contribution >= 0.6 is 0 Å². The van der Waals surface area contributed by atoms with Crippen molar-refractivity contribution in [3.8, 4) is 11.4 Å². The number of rotatable bonds is 5. The average Bonchev–Trinajstić information content (AvgIpc) is 2.78. The van der Waals surface area contributed by atoms with E-state index in [2.05, 4.69) is 4.98 Å². The molecular formula is C24H17N3O5. The molecular weight excluding hydrogens is 410 g/mol. The number of para-hydroxylation sites is 1. The van der Waals surface area contributed by atoms with Gasteiger partial charge in [0.15, 0.2) is 0 Å². The molecule has 1 aromatic heterocycles. The third-order valence-corrected chi connectivity index (χ3v) is 4.67. The summed E-state index contributed by atoms with van der Waals surface area (Å²) in [6.45, 7) is 1.30. The molecule has 0 unspecified atom stereocenters. The van der Waals surface area contributed by atoms with Crippen molar-refractivity contribution < 1.29 is 14.5 Å². The monoisotopic (exact) mass is 427 g/mol. The van der Waals surface area contributed by atoms with Crippen molar-refractivity contribution in [3.63, 3.8) is 0 Å². The van der Waals surface area contributed by atoms with Crippen LogP contribution in [0, 0.1) is 10.1 Å². The molecule has 0 radical (unpaired) electrons. The number of hydrogen-bond acceptors (Lipinski definition) is 6. The quantitative estimate of drug-likeness (QED) is 0.202. The maximum atomic E-state index is 13.3. The summed E-state index contributed by atoms with van der Waals surface area (Å²) in [4.78, 5) is 39.7. The van der Waals surface area contributed by atoms with Crippen LogP contribution in [0.5, 0.6) is 5.75 Å². The van der Waals surface area contributed by atoms with Gasteiger partial charge in [-0.15, -0.1) is 0 Å². The first-order valence-corrected chi connectivity index (χ1v) is 9.65. The molecule has 0 saturated carbocycles. The molecule has 4 rings (SSSR count). The topological polar surface area (TPSA) is 104 Å². The van der Waals surface area contributed by atoms with Crippen LogP contribution in [0.3, 0.4) is 0 Å². The van der Waals surface area contributed by atoms with Gasteiger partial charge in [-0.2, -0.15) is 0 Å². The normalized spacial score (nSPS) is 11.0. The summed E-state index contributed by atoms with van der Waals surface area (Å²) in [5, 5.41) is 11.3. The second-order valence-electron chi connectivity index (χ2n) is 6.90. The van der Waals surface area contributed by atoms with Crippen LogP contribution in [0.4, 0.5) is 5.69 Å². The molecule has 0 fully saturated rings. The molecule has 1 heterocycles. The van der Waals surface area contributed by atoms with Crippen molar-refractivity contribution in [1.29, 1.82) is 0 Å². The number of non-ortho nitro benzene ring substituents is 1. The number of fused-ring (bicyclic) bond motifs is 1. The number of nitro benzene ring substituents is 1. The van der Waals surface area contributed by atoms with Gasteiger partial charge in [-0.3, -0.25) is 24.3 Å². The summed E-state index contributed by atoms with van der Waals surface area (Å²) in [6.07, 6.45) is 3.38. The molecule has 0 saturated heterocycles. The van der Waals surface area contributed by atoms with Crippen molar-refractivity contribution in [1.82, 2.24) is 9.55 Å². The zero-order chi connectivity index (χ0) is 22.7. The lowest BCUT2D eigenvalue weighted by atomic mass is 10.2. The fraction of sp³-hybridized carbons (Fsp3) is 0.0417. The fourth-order valence-electron chi connectivity index (χ4n) is 3.24. The number of hydrogen-bond donors (Lipinski definition) is 0. The van der Waals surface area contributed by atoms with E-state index in [1.807, 2.05) is 0 Å². The van der Waals surface area contributed by atoms with E-state index in [1.54, 1.807) is 72.8 Å². The third-order valence-electron chi connectivity index (χ3n) is 4.67. The first-order chi connectivity index (χ1) is 15.4. The van der Waals surface area contributed by atoms with Gasteiger partial charge in [-0.25, -0.2) is 4.98 Å². The van der Waals surface area contributed by atoms with E-state index in [-0.39, 0.29) is 11.2 Å². The van der Waals surface area contributed by atoms with Gasteiger partial charge in [-0.1, -0.05) is 24.3 Å². The number of nitrogens with zero attached hydrogens (tertiary/aromatic N) is 3. The Morgan fingerprint density at radius 2 is 1.78 bits per heavy atom. The van der Waals surface area contributed by atoms with Crippen LogP contribution < -0.4 is 10.3 Å². The van der Waals surface area contributed by atoms with E-state index in [9.17, 15) is 19.7 Å². The molecule has 4 aromatic rings.